The largest absolute Gasteiger partial charge is 0.481 e. The summed E-state index contributed by atoms with van der Waals surface area (Å²) >= 11 is 0. The van der Waals surface area contributed by atoms with Gasteiger partial charge >= 0.3 is 5.97 Å². The first-order valence-electron chi connectivity index (χ1n) is 6.79. The molecule has 1 saturated carbocycles. The lowest BCUT2D eigenvalue weighted by Crippen LogP contribution is -2.52. The molecule has 0 amide bonds. The number of hydrogen-bond acceptors (Lipinski definition) is 3. The van der Waals surface area contributed by atoms with E-state index in [4.69, 9.17) is 4.74 Å². The molecule has 1 aliphatic rings. The van der Waals surface area contributed by atoms with Gasteiger partial charge < -0.3 is 15.2 Å². The van der Waals surface area contributed by atoms with Gasteiger partial charge in [-0.15, -0.1) is 0 Å². The number of ether oxygens (including phenoxy) is 1. The molecule has 0 bridgehead atoms. The Hall–Kier alpha value is -0.610. The van der Waals surface area contributed by atoms with Crippen LogP contribution in [-0.2, 0) is 9.53 Å². The zero-order chi connectivity index (χ0) is 13.9. The van der Waals surface area contributed by atoms with E-state index in [-0.39, 0.29) is 17.4 Å². The van der Waals surface area contributed by atoms with Crippen LogP contribution in [0.15, 0.2) is 0 Å². The number of carboxylic acid groups (broad SMARTS) is 1. The van der Waals surface area contributed by atoms with Crippen LogP contribution in [0.4, 0.5) is 0 Å². The highest BCUT2D eigenvalue weighted by Crippen LogP contribution is 2.45. The number of aliphatic carboxylic acids is 1. The van der Waals surface area contributed by atoms with E-state index in [1.165, 1.54) is 0 Å². The van der Waals surface area contributed by atoms with Gasteiger partial charge in [-0.3, -0.25) is 4.79 Å². The number of rotatable bonds is 5. The number of carboxylic acids is 1. The van der Waals surface area contributed by atoms with Gasteiger partial charge in [-0.25, -0.2) is 0 Å². The Kier molecular flexibility index (Phi) is 5.17. The van der Waals surface area contributed by atoms with Crippen molar-refractivity contribution in [1.82, 2.24) is 5.32 Å². The Bertz CT molecular complexity index is 291. The smallest absolute Gasteiger partial charge is 0.307 e. The Labute approximate surface area is 110 Å². The maximum Gasteiger partial charge on any atom is 0.307 e. The molecule has 0 aromatic heterocycles. The molecule has 0 aliphatic heterocycles. The number of carbonyl (C=O) groups is 1. The molecule has 0 spiro atoms. The third-order valence-electron chi connectivity index (χ3n) is 4.81. The maximum atomic E-state index is 11.3. The van der Waals surface area contributed by atoms with Crippen LogP contribution in [0.5, 0.6) is 0 Å². The van der Waals surface area contributed by atoms with Crippen molar-refractivity contribution in [2.45, 2.75) is 52.7 Å². The van der Waals surface area contributed by atoms with Crippen LogP contribution in [0.3, 0.4) is 0 Å². The molecule has 4 nitrogen and oxygen atoms in total. The molecule has 1 aliphatic carbocycles. The monoisotopic (exact) mass is 257 g/mol. The number of nitrogens with one attached hydrogen (secondary N) is 1. The number of methoxy groups -OCH3 is 1. The van der Waals surface area contributed by atoms with Crippen LogP contribution in [-0.4, -0.2) is 36.9 Å². The molecular formula is C14H27NO3. The van der Waals surface area contributed by atoms with Crippen LogP contribution >= 0.6 is 0 Å². The third-order valence-corrected chi connectivity index (χ3v) is 4.81. The van der Waals surface area contributed by atoms with Gasteiger partial charge in [0.15, 0.2) is 0 Å². The minimum absolute atomic E-state index is 0.169. The van der Waals surface area contributed by atoms with Crippen LogP contribution in [0.1, 0.15) is 40.5 Å². The molecule has 0 radical (unpaired) electrons. The van der Waals surface area contributed by atoms with Crippen LogP contribution in [0.2, 0.25) is 0 Å². The molecule has 0 aromatic carbocycles. The second kappa shape index (κ2) is 6.02. The average molecular weight is 257 g/mol. The van der Waals surface area contributed by atoms with E-state index in [0.29, 0.717) is 12.0 Å². The molecule has 2 N–H and O–H groups in total. The fraction of sp³-hybridized carbons (Fsp3) is 0.929. The van der Waals surface area contributed by atoms with Gasteiger partial charge in [0.2, 0.25) is 0 Å². The summed E-state index contributed by atoms with van der Waals surface area (Å²) in [6, 6.07) is 0.383. The first-order valence-corrected chi connectivity index (χ1v) is 6.79. The van der Waals surface area contributed by atoms with Gasteiger partial charge in [0.25, 0.3) is 0 Å². The lowest BCUT2D eigenvalue weighted by atomic mass is 9.61. The van der Waals surface area contributed by atoms with Crippen molar-refractivity contribution < 1.29 is 14.6 Å². The number of hydrogen-bond donors (Lipinski definition) is 2. The predicted molar refractivity (Wildman–Crippen MR) is 71.6 cm³/mol. The molecule has 1 fully saturated rings. The highest BCUT2D eigenvalue weighted by Gasteiger charge is 2.46. The zero-order valence-electron chi connectivity index (χ0n) is 12.2. The molecular weight excluding hydrogens is 230 g/mol. The molecule has 4 heteroatoms. The molecule has 0 saturated heterocycles. The van der Waals surface area contributed by atoms with E-state index in [1.54, 1.807) is 7.11 Å². The maximum absolute atomic E-state index is 11.3. The van der Waals surface area contributed by atoms with Crippen molar-refractivity contribution in [3.8, 4) is 0 Å². The normalized spacial score (nSPS) is 33.1. The standard InChI is InChI=1S/C14H27NO3/c1-9(18-5)8-15-12-7-6-11(13(16)17)14(3,4)10(12)2/h9-12,15H,6-8H2,1-5H3,(H,16,17). The van der Waals surface area contributed by atoms with Crippen molar-refractivity contribution >= 4 is 5.97 Å². The summed E-state index contributed by atoms with van der Waals surface area (Å²) in [5.74, 6) is -0.544. The minimum atomic E-state index is -0.657. The summed E-state index contributed by atoms with van der Waals surface area (Å²) in [6.07, 6.45) is 1.88. The molecule has 1 rings (SSSR count). The van der Waals surface area contributed by atoms with Crippen LogP contribution < -0.4 is 5.32 Å². The van der Waals surface area contributed by atoms with Crippen molar-refractivity contribution in [2.75, 3.05) is 13.7 Å². The lowest BCUT2D eigenvalue weighted by Gasteiger charge is -2.46. The Morgan fingerprint density at radius 3 is 2.61 bits per heavy atom. The van der Waals surface area contributed by atoms with Gasteiger partial charge in [-0.05, 0) is 31.1 Å². The first kappa shape index (κ1) is 15.4. The lowest BCUT2D eigenvalue weighted by molar-refractivity contribution is -0.150. The summed E-state index contributed by atoms with van der Waals surface area (Å²) in [7, 11) is 1.71. The highest BCUT2D eigenvalue weighted by atomic mass is 16.5. The SMILES string of the molecule is COC(C)CNC1CCC(C(=O)O)C(C)(C)C1C. The molecule has 18 heavy (non-hydrogen) atoms. The molecule has 0 aromatic rings. The third kappa shape index (κ3) is 3.23. The topological polar surface area (TPSA) is 58.6 Å². The van der Waals surface area contributed by atoms with Crippen molar-refractivity contribution in [2.24, 2.45) is 17.3 Å². The fourth-order valence-electron chi connectivity index (χ4n) is 2.93. The second-order valence-electron chi connectivity index (χ2n) is 6.14. The Balaban J connectivity index is 2.63. The predicted octanol–water partition coefficient (Wildman–Crippen LogP) is 2.14. The van der Waals surface area contributed by atoms with Crippen molar-refractivity contribution in [3.63, 3.8) is 0 Å². The van der Waals surface area contributed by atoms with Gasteiger partial charge in [0, 0.05) is 19.7 Å². The van der Waals surface area contributed by atoms with E-state index < -0.39 is 5.97 Å². The van der Waals surface area contributed by atoms with E-state index >= 15 is 0 Å². The van der Waals surface area contributed by atoms with Gasteiger partial charge in [0.05, 0.1) is 12.0 Å². The zero-order valence-corrected chi connectivity index (χ0v) is 12.2. The van der Waals surface area contributed by atoms with Gasteiger partial charge in [-0.1, -0.05) is 20.8 Å². The fourth-order valence-corrected chi connectivity index (χ4v) is 2.93. The van der Waals surface area contributed by atoms with Crippen LogP contribution in [0.25, 0.3) is 0 Å². The molecule has 106 valence electrons. The van der Waals surface area contributed by atoms with E-state index in [0.717, 1.165) is 19.4 Å². The van der Waals surface area contributed by atoms with E-state index in [2.05, 4.69) is 26.1 Å². The van der Waals surface area contributed by atoms with Gasteiger partial charge in [0.1, 0.15) is 0 Å². The summed E-state index contributed by atoms with van der Waals surface area (Å²) in [5, 5.41) is 12.8. The Morgan fingerprint density at radius 2 is 2.11 bits per heavy atom. The van der Waals surface area contributed by atoms with Gasteiger partial charge in [-0.2, -0.15) is 0 Å². The first-order chi connectivity index (χ1) is 8.30. The molecule has 4 unspecified atom stereocenters. The van der Waals surface area contributed by atoms with Crippen LogP contribution in [0, 0.1) is 17.3 Å². The quantitative estimate of drug-likeness (QED) is 0.792. The molecule has 0 heterocycles. The van der Waals surface area contributed by atoms with Crippen molar-refractivity contribution in [3.05, 3.63) is 0 Å². The molecule has 4 atom stereocenters. The Morgan fingerprint density at radius 1 is 1.50 bits per heavy atom. The minimum Gasteiger partial charge on any atom is -0.481 e. The summed E-state index contributed by atoms with van der Waals surface area (Å²) in [4.78, 5) is 11.3. The highest BCUT2D eigenvalue weighted by molar-refractivity contribution is 5.71. The average Bonchev–Trinajstić information content (AvgIpc) is 2.30. The summed E-state index contributed by atoms with van der Waals surface area (Å²) in [6.45, 7) is 9.16. The summed E-state index contributed by atoms with van der Waals surface area (Å²) in [5.41, 5.74) is -0.169. The van der Waals surface area contributed by atoms with E-state index in [1.807, 2.05) is 6.92 Å². The summed E-state index contributed by atoms with van der Waals surface area (Å²) < 4.78 is 5.23. The van der Waals surface area contributed by atoms with E-state index in [9.17, 15) is 9.90 Å². The second-order valence-corrected chi connectivity index (χ2v) is 6.14. The van der Waals surface area contributed by atoms with Crippen molar-refractivity contribution in [1.29, 1.82) is 0 Å².